The molecule has 1 aliphatic rings. The number of rotatable bonds is 3. The molecule has 2 rings (SSSR count). The van der Waals surface area contributed by atoms with Gasteiger partial charge in [0.2, 0.25) is 11.8 Å². The second-order valence-electron chi connectivity index (χ2n) is 6.25. The maximum absolute atomic E-state index is 12.5. The Bertz CT molecular complexity index is 526. The minimum absolute atomic E-state index is 0.0521. The van der Waals surface area contributed by atoms with Crippen LogP contribution in [0.15, 0.2) is 18.2 Å². The lowest BCUT2D eigenvalue weighted by atomic mass is 10.1. The van der Waals surface area contributed by atoms with Gasteiger partial charge >= 0.3 is 0 Å². The lowest BCUT2D eigenvalue weighted by molar-refractivity contribution is -0.131. The molecule has 1 saturated heterocycles. The van der Waals surface area contributed by atoms with Gasteiger partial charge in [-0.2, -0.15) is 0 Å². The number of benzene rings is 1. The molecule has 0 radical (unpaired) electrons. The van der Waals surface area contributed by atoms with Gasteiger partial charge in [-0.3, -0.25) is 9.59 Å². The second kappa shape index (κ2) is 7.43. The molecule has 0 aromatic heterocycles. The summed E-state index contributed by atoms with van der Waals surface area (Å²) >= 11 is 0. The molecule has 0 N–H and O–H groups in total. The summed E-state index contributed by atoms with van der Waals surface area (Å²) in [5.74, 6) is -0.0376. The number of likely N-dealkylation sites (tertiary alicyclic amines) is 1. The van der Waals surface area contributed by atoms with Crippen LogP contribution in [-0.4, -0.2) is 36.3 Å². The molecular formula is C18H26N2O2. The molecule has 1 aromatic rings. The Hall–Kier alpha value is -1.84. The number of carbonyl (C=O) groups excluding carboxylic acids is 2. The lowest BCUT2D eigenvalue weighted by Gasteiger charge is -2.26. The van der Waals surface area contributed by atoms with Gasteiger partial charge in [-0.15, -0.1) is 0 Å². The average Bonchev–Trinajstić information content (AvgIpc) is 2.72. The van der Waals surface area contributed by atoms with E-state index in [9.17, 15) is 9.59 Å². The van der Waals surface area contributed by atoms with Crippen molar-refractivity contribution in [2.75, 3.05) is 24.5 Å². The summed E-state index contributed by atoms with van der Waals surface area (Å²) in [6.07, 6.45) is 4.51. The van der Waals surface area contributed by atoms with Crippen molar-refractivity contribution < 1.29 is 9.59 Å². The van der Waals surface area contributed by atoms with Crippen LogP contribution < -0.4 is 4.90 Å². The summed E-state index contributed by atoms with van der Waals surface area (Å²) < 4.78 is 0. The molecule has 1 heterocycles. The van der Waals surface area contributed by atoms with E-state index in [0.29, 0.717) is 0 Å². The fourth-order valence-electron chi connectivity index (χ4n) is 3.05. The van der Waals surface area contributed by atoms with Crippen molar-refractivity contribution >= 4 is 17.5 Å². The highest BCUT2D eigenvalue weighted by atomic mass is 16.2. The molecule has 4 nitrogen and oxygen atoms in total. The van der Waals surface area contributed by atoms with Gasteiger partial charge in [0.1, 0.15) is 6.54 Å². The topological polar surface area (TPSA) is 40.6 Å². The maximum Gasteiger partial charge on any atom is 0.242 e. The Morgan fingerprint density at radius 1 is 1.00 bits per heavy atom. The zero-order valence-electron chi connectivity index (χ0n) is 13.9. The number of amides is 2. The molecule has 2 amide bonds. The molecule has 1 fully saturated rings. The van der Waals surface area contributed by atoms with Crippen LogP contribution in [0.4, 0.5) is 5.69 Å². The summed E-state index contributed by atoms with van der Waals surface area (Å²) in [5.41, 5.74) is 3.01. The second-order valence-corrected chi connectivity index (χ2v) is 6.25. The van der Waals surface area contributed by atoms with E-state index >= 15 is 0 Å². The van der Waals surface area contributed by atoms with Crippen LogP contribution in [0, 0.1) is 13.8 Å². The smallest absolute Gasteiger partial charge is 0.242 e. The summed E-state index contributed by atoms with van der Waals surface area (Å²) in [5, 5.41) is 0. The Labute approximate surface area is 133 Å². The minimum atomic E-state index is -0.0897. The molecule has 4 heteroatoms. The predicted molar refractivity (Wildman–Crippen MR) is 89.0 cm³/mol. The summed E-state index contributed by atoms with van der Waals surface area (Å²) in [6, 6.07) is 5.99. The third-order valence-electron chi connectivity index (χ3n) is 4.15. The number of nitrogens with zero attached hydrogens (tertiary/aromatic N) is 2. The fraction of sp³-hybridized carbons (Fsp3) is 0.556. The number of anilines is 1. The lowest BCUT2D eigenvalue weighted by Crippen LogP contribution is -2.42. The molecule has 120 valence electrons. The van der Waals surface area contributed by atoms with Crippen LogP contribution in [0.25, 0.3) is 0 Å². The maximum atomic E-state index is 12.5. The highest BCUT2D eigenvalue weighted by Crippen LogP contribution is 2.20. The molecule has 1 aliphatic heterocycles. The molecule has 0 spiro atoms. The summed E-state index contributed by atoms with van der Waals surface area (Å²) in [7, 11) is 0. The van der Waals surface area contributed by atoms with Crippen molar-refractivity contribution in [2.24, 2.45) is 0 Å². The average molecular weight is 302 g/mol. The molecule has 0 unspecified atom stereocenters. The number of carbonyl (C=O) groups is 2. The number of hydrogen-bond acceptors (Lipinski definition) is 2. The molecule has 0 bridgehead atoms. The normalized spacial score (nSPS) is 15.3. The standard InChI is InChI=1S/C18H26N2O2/c1-14-10-15(2)12-17(11-14)20(16(3)21)13-18(22)19-8-6-4-5-7-9-19/h10-12H,4-9,13H2,1-3H3. The first-order valence-corrected chi connectivity index (χ1v) is 8.11. The molecule has 22 heavy (non-hydrogen) atoms. The highest BCUT2D eigenvalue weighted by molar-refractivity contribution is 5.97. The van der Waals surface area contributed by atoms with Crippen molar-refractivity contribution in [1.82, 2.24) is 4.90 Å². The van der Waals surface area contributed by atoms with E-state index in [2.05, 4.69) is 6.07 Å². The van der Waals surface area contributed by atoms with Gasteiger partial charge in [-0.1, -0.05) is 18.9 Å². The van der Waals surface area contributed by atoms with Gasteiger partial charge in [0.05, 0.1) is 0 Å². The van der Waals surface area contributed by atoms with Crippen LogP contribution >= 0.6 is 0 Å². The Morgan fingerprint density at radius 3 is 2.05 bits per heavy atom. The van der Waals surface area contributed by atoms with Crippen molar-refractivity contribution in [3.05, 3.63) is 29.3 Å². The Morgan fingerprint density at radius 2 is 1.55 bits per heavy atom. The van der Waals surface area contributed by atoms with Gasteiger partial charge < -0.3 is 9.80 Å². The molecule has 1 aromatic carbocycles. The van der Waals surface area contributed by atoms with E-state index < -0.39 is 0 Å². The van der Waals surface area contributed by atoms with Crippen LogP contribution in [0.5, 0.6) is 0 Å². The van der Waals surface area contributed by atoms with E-state index in [4.69, 9.17) is 0 Å². The van der Waals surface area contributed by atoms with Crippen LogP contribution in [0.2, 0.25) is 0 Å². The van der Waals surface area contributed by atoms with Gasteiger partial charge in [0.25, 0.3) is 0 Å². The predicted octanol–water partition coefficient (Wildman–Crippen LogP) is 3.06. The summed E-state index contributed by atoms with van der Waals surface area (Å²) in [6.45, 7) is 7.30. The fourth-order valence-corrected chi connectivity index (χ4v) is 3.05. The molecule has 0 saturated carbocycles. The molecule has 0 aliphatic carbocycles. The van der Waals surface area contributed by atoms with Crippen LogP contribution in [0.1, 0.15) is 43.7 Å². The first-order chi connectivity index (χ1) is 10.5. The monoisotopic (exact) mass is 302 g/mol. The molecule has 0 atom stereocenters. The minimum Gasteiger partial charge on any atom is -0.341 e. The zero-order chi connectivity index (χ0) is 16.1. The van der Waals surface area contributed by atoms with Crippen molar-refractivity contribution in [2.45, 2.75) is 46.5 Å². The molecular weight excluding hydrogens is 276 g/mol. The quantitative estimate of drug-likeness (QED) is 0.861. The van der Waals surface area contributed by atoms with Gasteiger partial charge in [0, 0.05) is 25.7 Å². The first kappa shape index (κ1) is 16.5. The number of aryl methyl sites for hydroxylation is 2. The van der Waals surface area contributed by atoms with E-state index in [1.807, 2.05) is 30.9 Å². The Balaban J connectivity index is 2.14. The van der Waals surface area contributed by atoms with Crippen molar-refractivity contribution in [3.63, 3.8) is 0 Å². The third-order valence-corrected chi connectivity index (χ3v) is 4.15. The van der Waals surface area contributed by atoms with E-state index in [0.717, 1.165) is 42.7 Å². The van der Waals surface area contributed by atoms with E-state index in [1.165, 1.54) is 19.8 Å². The number of hydrogen-bond donors (Lipinski definition) is 0. The van der Waals surface area contributed by atoms with E-state index in [-0.39, 0.29) is 18.4 Å². The van der Waals surface area contributed by atoms with Crippen LogP contribution in [0.3, 0.4) is 0 Å². The SMILES string of the molecule is CC(=O)N(CC(=O)N1CCCCCC1)c1cc(C)cc(C)c1. The highest BCUT2D eigenvalue weighted by Gasteiger charge is 2.21. The summed E-state index contributed by atoms with van der Waals surface area (Å²) in [4.78, 5) is 28.0. The van der Waals surface area contributed by atoms with Crippen molar-refractivity contribution in [3.8, 4) is 0 Å². The van der Waals surface area contributed by atoms with Gasteiger partial charge in [0.15, 0.2) is 0 Å². The van der Waals surface area contributed by atoms with Crippen LogP contribution in [-0.2, 0) is 9.59 Å². The van der Waals surface area contributed by atoms with Gasteiger partial charge in [-0.25, -0.2) is 0 Å². The Kier molecular flexibility index (Phi) is 5.58. The first-order valence-electron chi connectivity index (χ1n) is 8.11. The van der Waals surface area contributed by atoms with E-state index in [1.54, 1.807) is 4.90 Å². The largest absolute Gasteiger partial charge is 0.341 e. The zero-order valence-corrected chi connectivity index (χ0v) is 13.9. The third kappa shape index (κ3) is 4.33. The van der Waals surface area contributed by atoms with Crippen molar-refractivity contribution in [1.29, 1.82) is 0 Å². The van der Waals surface area contributed by atoms with Gasteiger partial charge in [-0.05, 0) is 49.9 Å².